The van der Waals surface area contributed by atoms with E-state index in [1.807, 2.05) is 37.3 Å². The highest BCUT2D eigenvalue weighted by molar-refractivity contribution is 7.87. The number of fused-ring (bicyclic) bond motifs is 1. The van der Waals surface area contributed by atoms with Gasteiger partial charge in [0, 0.05) is 30.4 Å². The molecule has 1 aliphatic rings. The van der Waals surface area contributed by atoms with Crippen molar-refractivity contribution in [1.82, 2.24) is 0 Å². The van der Waals surface area contributed by atoms with Crippen molar-refractivity contribution >= 4 is 37.8 Å². The molecule has 0 saturated heterocycles. The quantitative estimate of drug-likeness (QED) is 0.233. The summed E-state index contributed by atoms with van der Waals surface area (Å²) in [5, 5.41) is 3.10. The zero-order valence-corrected chi connectivity index (χ0v) is 21.3. The molecule has 0 amide bonds. The number of hydrogen-bond donors (Lipinski definition) is 2. The van der Waals surface area contributed by atoms with Crippen LogP contribution in [0.15, 0.2) is 82.8 Å². The fourth-order valence-corrected chi connectivity index (χ4v) is 6.32. The lowest BCUT2D eigenvalue weighted by atomic mass is 9.86. The molecule has 0 saturated carbocycles. The fraction of sp³-hybridized carbons (Fsp3) is 0.320. The molecular weight excluding hydrogens is 488 g/mol. The molecule has 0 bridgehead atoms. The van der Waals surface area contributed by atoms with Crippen molar-refractivity contribution in [2.75, 3.05) is 11.1 Å². The highest BCUT2D eigenvalue weighted by atomic mass is 32.2. The van der Waals surface area contributed by atoms with E-state index in [1.165, 1.54) is 19.1 Å². The predicted octanol–water partition coefficient (Wildman–Crippen LogP) is 4.90. The van der Waals surface area contributed by atoms with E-state index in [0.29, 0.717) is 24.9 Å². The summed E-state index contributed by atoms with van der Waals surface area (Å²) in [5.41, 5.74) is 0.585. The molecule has 8 nitrogen and oxygen atoms in total. The van der Waals surface area contributed by atoms with E-state index in [9.17, 15) is 21.4 Å². The number of nitrogens with zero attached hydrogens (tertiary/aromatic N) is 1. The van der Waals surface area contributed by atoms with Crippen LogP contribution in [0.1, 0.15) is 32.3 Å². The van der Waals surface area contributed by atoms with Gasteiger partial charge in [0.05, 0.1) is 10.6 Å². The van der Waals surface area contributed by atoms with Gasteiger partial charge in [-0.3, -0.25) is 13.7 Å². The van der Waals surface area contributed by atoms with Crippen LogP contribution in [-0.4, -0.2) is 39.0 Å². The van der Waals surface area contributed by atoms with Crippen molar-refractivity contribution < 1.29 is 25.6 Å². The Bertz CT molecular complexity index is 1320. The minimum absolute atomic E-state index is 0.0884. The molecular formula is C25H30N2O6S2. The normalized spacial score (nSPS) is 16.4. The summed E-state index contributed by atoms with van der Waals surface area (Å²) >= 11 is 0. The maximum absolute atomic E-state index is 13.2. The fourth-order valence-electron chi connectivity index (χ4n) is 3.95. The first-order chi connectivity index (χ1) is 16.5. The lowest BCUT2D eigenvalue weighted by molar-refractivity contribution is 0.0695. The summed E-state index contributed by atoms with van der Waals surface area (Å²) in [5.74, 6) is -1.50. The van der Waals surface area contributed by atoms with Gasteiger partial charge < -0.3 is 5.32 Å². The maximum Gasteiger partial charge on any atom is 0.297 e. The number of para-hydroxylation sites is 1. The molecule has 35 heavy (non-hydrogen) atoms. The van der Waals surface area contributed by atoms with Gasteiger partial charge in [-0.05, 0) is 55.3 Å². The number of allylic oxidation sites excluding steroid dienone is 2. The van der Waals surface area contributed by atoms with Crippen LogP contribution in [0.25, 0.3) is 0 Å². The zero-order valence-electron chi connectivity index (χ0n) is 19.7. The molecule has 2 N–H and O–H groups in total. The van der Waals surface area contributed by atoms with Crippen LogP contribution in [-0.2, 0) is 30.8 Å². The minimum atomic E-state index is -4.55. The molecule has 2 unspecified atom stereocenters. The van der Waals surface area contributed by atoms with Gasteiger partial charge in [0.2, 0.25) is 0 Å². The number of benzene rings is 2. The van der Waals surface area contributed by atoms with E-state index in [0.717, 1.165) is 11.3 Å². The molecule has 0 fully saturated rings. The van der Waals surface area contributed by atoms with Crippen LogP contribution in [0.5, 0.6) is 0 Å². The second kappa shape index (κ2) is 11.3. The van der Waals surface area contributed by atoms with Gasteiger partial charge >= 0.3 is 0 Å². The number of aliphatic imine (C=N–C) groups is 1. The molecule has 1 aliphatic heterocycles. The highest BCUT2D eigenvalue weighted by Gasteiger charge is 2.42. The van der Waals surface area contributed by atoms with Crippen LogP contribution in [0, 0.1) is 5.92 Å². The highest BCUT2D eigenvalue weighted by Crippen LogP contribution is 2.34. The Labute approximate surface area is 207 Å². The molecule has 0 aliphatic carbocycles. The van der Waals surface area contributed by atoms with E-state index >= 15 is 0 Å². The summed E-state index contributed by atoms with van der Waals surface area (Å²) in [4.78, 5) is 4.08. The number of hydrogen-bond acceptors (Lipinski definition) is 7. The van der Waals surface area contributed by atoms with Crippen molar-refractivity contribution in [3.63, 3.8) is 0 Å². The van der Waals surface area contributed by atoms with Crippen LogP contribution in [0.2, 0.25) is 0 Å². The average Bonchev–Trinajstić information content (AvgIpc) is 3.25. The molecule has 1 heterocycles. The topological polar surface area (TPSA) is 122 Å². The lowest BCUT2D eigenvalue weighted by Crippen LogP contribution is -2.45. The second-order valence-electron chi connectivity index (χ2n) is 8.53. The molecule has 188 valence electrons. The summed E-state index contributed by atoms with van der Waals surface area (Å²) in [7, 11) is -8.90. The summed E-state index contributed by atoms with van der Waals surface area (Å²) < 4.78 is 65.4. The Morgan fingerprint density at radius 3 is 2.57 bits per heavy atom. The lowest BCUT2D eigenvalue weighted by Gasteiger charge is -2.34. The van der Waals surface area contributed by atoms with Crippen LogP contribution in [0.4, 0.5) is 11.4 Å². The number of rotatable bonds is 12. The Balaban J connectivity index is 1.85. The third-order valence-electron chi connectivity index (χ3n) is 5.61. The Morgan fingerprint density at radius 2 is 1.89 bits per heavy atom. The molecule has 3 rings (SSSR count). The SMILES string of the molecule is CCCC(/C=C/C=C/Nc1ccccc1)C(C)(CS(=O)(=O)O)OS(=O)(=O)c1ccc2c(c1)CC=N2. The smallest absolute Gasteiger partial charge is 0.297 e. The molecule has 2 atom stereocenters. The average molecular weight is 519 g/mol. The third-order valence-corrected chi connectivity index (χ3v) is 7.98. The number of anilines is 1. The Hall–Kier alpha value is -2.79. The first kappa shape index (κ1) is 26.8. The zero-order chi connectivity index (χ0) is 25.5. The van der Waals surface area contributed by atoms with Gasteiger partial charge in [-0.1, -0.05) is 43.7 Å². The predicted molar refractivity (Wildman–Crippen MR) is 138 cm³/mol. The van der Waals surface area contributed by atoms with Crippen molar-refractivity contribution in [3.05, 3.63) is 78.5 Å². The molecule has 0 aromatic heterocycles. The third kappa shape index (κ3) is 7.60. The van der Waals surface area contributed by atoms with Crippen LogP contribution < -0.4 is 5.32 Å². The van der Waals surface area contributed by atoms with Crippen molar-refractivity contribution in [2.45, 2.75) is 43.6 Å². The van der Waals surface area contributed by atoms with Gasteiger partial charge in [0.1, 0.15) is 11.4 Å². The van der Waals surface area contributed by atoms with Gasteiger partial charge in [-0.15, -0.1) is 0 Å². The Morgan fingerprint density at radius 1 is 1.14 bits per heavy atom. The molecule has 0 radical (unpaired) electrons. The van der Waals surface area contributed by atoms with Gasteiger partial charge in [-0.2, -0.15) is 16.8 Å². The summed E-state index contributed by atoms with van der Waals surface area (Å²) in [6.45, 7) is 3.29. The van der Waals surface area contributed by atoms with Crippen LogP contribution in [0.3, 0.4) is 0 Å². The van der Waals surface area contributed by atoms with Crippen molar-refractivity contribution in [2.24, 2.45) is 10.9 Å². The van der Waals surface area contributed by atoms with Crippen molar-refractivity contribution in [3.8, 4) is 0 Å². The van der Waals surface area contributed by atoms with Crippen molar-refractivity contribution in [1.29, 1.82) is 0 Å². The summed E-state index contributed by atoms with van der Waals surface area (Å²) in [6.07, 6.45) is 10.1. The second-order valence-corrected chi connectivity index (χ2v) is 11.5. The first-order valence-electron chi connectivity index (χ1n) is 11.2. The van der Waals surface area contributed by atoms with E-state index in [1.54, 1.807) is 36.7 Å². The largest absolute Gasteiger partial charge is 0.362 e. The minimum Gasteiger partial charge on any atom is -0.362 e. The number of nitrogens with one attached hydrogen (secondary N) is 1. The van der Waals surface area contributed by atoms with E-state index in [2.05, 4.69) is 10.3 Å². The van der Waals surface area contributed by atoms with Gasteiger partial charge in [-0.25, -0.2) is 0 Å². The van der Waals surface area contributed by atoms with Gasteiger partial charge in [0.25, 0.3) is 20.2 Å². The van der Waals surface area contributed by atoms with E-state index < -0.39 is 37.5 Å². The monoisotopic (exact) mass is 518 g/mol. The molecule has 2 aromatic carbocycles. The van der Waals surface area contributed by atoms with Gasteiger partial charge in [0.15, 0.2) is 0 Å². The molecule has 0 spiro atoms. The first-order valence-corrected chi connectivity index (χ1v) is 14.3. The Kier molecular flexibility index (Phi) is 8.65. The van der Waals surface area contributed by atoms with E-state index in [-0.39, 0.29) is 4.90 Å². The van der Waals surface area contributed by atoms with Crippen LogP contribution >= 0.6 is 0 Å². The standard InChI is InChI=1S/C25H30N2O6S2/c1-3-9-21(10-7-8-16-26-22-11-5-4-6-12-22)25(2,19-34(28,29)30)33-35(31,32)23-13-14-24-20(18-23)15-17-27-24/h4-8,10-14,16-18,21,26H,3,9,15,19H2,1-2H3,(H,28,29,30)/b10-7+,16-8+. The molecule has 10 heteroatoms. The maximum atomic E-state index is 13.2. The van der Waals surface area contributed by atoms with E-state index in [4.69, 9.17) is 4.18 Å². The molecule has 2 aromatic rings. The summed E-state index contributed by atoms with van der Waals surface area (Å²) in [6, 6.07) is 14.0.